The van der Waals surface area contributed by atoms with Gasteiger partial charge in [-0.05, 0) is 0 Å². The number of carboxylic acids is 1. The van der Waals surface area contributed by atoms with E-state index in [1.54, 1.807) is 0 Å². The lowest BCUT2D eigenvalue weighted by Crippen LogP contribution is -2.03. The minimum Gasteiger partial charge on any atom is -0.478 e. The highest BCUT2D eigenvalue weighted by molar-refractivity contribution is 7.78. The highest BCUT2D eigenvalue weighted by Crippen LogP contribution is 2.46. The number of carboxylic acid groups (broad SMARTS) is 1. The fraction of sp³-hybridized carbons (Fsp3) is 0. The lowest BCUT2D eigenvalue weighted by Gasteiger charge is -2.04. The van der Waals surface area contributed by atoms with Crippen molar-refractivity contribution in [1.29, 1.82) is 0 Å². The Kier molecular flexibility index (Phi) is 2.52. The van der Waals surface area contributed by atoms with Gasteiger partial charge in [0.25, 0.3) is 0 Å². The van der Waals surface area contributed by atoms with Crippen LogP contribution < -0.4 is 0 Å². The molecule has 8 nitrogen and oxygen atoms in total. The van der Waals surface area contributed by atoms with Gasteiger partial charge in [-0.2, -0.15) is 0 Å². The van der Waals surface area contributed by atoms with Crippen molar-refractivity contribution in [3.05, 3.63) is 31.9 Å². The molecule has 10 heteroatoms. The van der Waals surface area contributed by atoms with E-state index in [0.717, 1.165) is 26.7 Å². The third-order valence-corrected chi connectivity index (χ3v) is 4.63. The molecule has 1 N–H and O–H groups in total. The second-order valence-electron chi connectivity index (χ2n) is 2.94. The summed E-state index contributed by atoms with van der Waals surface area (Å²) in [6.45, 7) is 0. The first-order valence-corrected chi connectivity index (χ1v) is 6.16. The van der Waals surface area contributed by atoms with Gasteiger partial charge < -0.3 is 5.11 Å². The molecule has 0 bridgehead atoms. The molecule has 88 valence electrons. The number of nitrogens with zero attached hydrogens (tertiary/aromatic N) is 2. The third-order valence-electron chi connectivity index (χ3n) is 2.01. The zero-order chi connectivity index (χ0) is 12.7. The Morgan fingerprint density at radius 1 is 1.18 bits per heavy atom. The number of nitro benzene ring substituents is 2. The van der Waals surface area contributed by atoms with Crippen molar-refractivity contribution in [2.24, 2.45) is 0 Å². The zero-order valence-corrected chi connectivity index (χ0v) is 9.41. The zero-order valence-electron chi connectivity index (χ0n) is 7.78. The molecule has 1 heterocycles. The van der Waals surface area contributed by atoms with Crippen LogP contribution in [0.1, 0.15) is 10.4 Å². The van der Waals surface area contributed by atoms with Crippen LogP contribution in [0, 0.1) is 20.2 Å². The summed E-state index contributed by atoms with van der Waals surface area (Å²) in [6.07, 6.45) is 0. The van der Waals surface area contributed by atoms with Crippen molar-refractivity contribution in [2.45, 2.75) is 0 Å². The average Bonchev–Trinajstić information content (AvgIpc) is 2.17. The Morgan fingerprint density at radius 3 is 2.12 bits per heavy atom. The number of hydrogen-bond donors (Lipinski definition) is 1. The summed E-state index contributed by atoms with van der Waals surface area (Å²) >= 11 is 0. The minimum atomic E-state index is -1.34. The number of benzene rings is 1. The van der Waals surface area contributed by atoms with Crippen LogP contribution in [0.5, 0.6) is 0 Å². The van der Waals surface area contributed by atoms with Crippen LogP contribution in [0.3, 0.4) is 0 Å². The fourth-order valence-corrected chi connectivity index (χ4v) is 3.51. The van der Waals surface area contributed by atoms with E-state index < -0.39 is 27.2 Å². The quantitative estimate of drug-likeness (QED) is 0.520. The van der Waals surface area contributed by atoms with E-state index in [1.165, 1.54) is 0 Å². The van der Waals surface area contributed by atoms with E-state index in [4.69, 9.17) is 5.11 Å². The maximum absolute atomic E-state index is 10.8. The normalized spacial score (nSPS) is 10.6. The summed E-state index contributed by atoms with van der Waals surface area (Å²) in [7, 11) is 2.00. The number of nitro groups is 2. The molecule has 1 aromatic heterocycles. The molecular weight excluding hydrogens is 272 g/mol. The maximum Gasteiger partial charge on any atom is 0.365 e. The molecule has 0 amide bonds. The molecule has 0 saturated heterocycles. The minimum absolute atomic E-state index is 0.0478. The van der Waals surface area contributed by atoms with Gasteiger partial charge in [0.05, 0.1) is 20.1 Å². The third kappa shape index (κ3) is 1.62. The lowest BCUT2D eigenvalue weighted by atomic mass is 10.1. The van der Waals surface area contributed by atoms with Crippen LogP contribution in [0.2, 0.25) is 0 Å². The predicted octanol–water partition coefficient (Wildman–Crippen LogP) is 2.48. The van der Waals surface area contributed by atoms with Gasteiger partial charge in [0.15, 0.2) is 0 Å². The van der Waals surface area contributed by atoms with Gasteiger partial charge in [0, 0.05) is 6.07 Å². The van der Waals surface area contributed by atoms with Gasteiger partial charge in [-0.15, -0.1) is 0 Å². The Morgan fingerprint density at radius 2 is 1.76 bits per heavy atom. The molecule has 0 saturated carbocycles. The molecule has 0 unspecified atom stereocenters. The molecule has 0 atom stereocenters. The van der Waals surface area contributed by atoms with Crippen LogP contribution in [-0.4, -0.2) is 20.9 Å². The first kappa shape index (κ1) is 11.4. The van der Waals surface area contributed by atoms with Crippen molar-refractivity contribution < 1.29 is 19.7 Å². The first-order valence-electron chi connectivity index (χ1n) is 4.01. The van der Waals surface area contributed by atoms with Crippen molar-refractivity contribution >= 4 is 47.4 Å². The maximum atomic E-state index is 10.8. The molecule has 2 rings (SSSR count). The van der Waals surface area contributed by atoms with E-state index in [0.29, 0.717) is 0 Å². The van der Waals surface area contributed by atoms with Gasteiger partial charge in [0.2, 0.25) is 0 Å². The van der Waals surface area contributed by atoms with Crippen LogP contribution in [0.15, 0.2) is 6.07 Å². The van der Waals surface area contributed by atoms with Crippen LogP contribution in [0.4, 0.5) is 11.4 Å². The van der Waals surface area contributed by atoms with Crippen LogP contribution >= 0.6 is 20.7 Å². The van der Waals surface area contributed by atoms with Crippen LogP contribution in [0.25, 0.3) is 9.40 Å². The lowest BCUT2D eigenvalue weighted by molar-refractivity contribution is -0.421. The first-order chi connectivity index (χ1) is 7.93. The summed E-state index contributed by atoms with van der Waals surface area (Å²) in [5, 5.41) is 30.3. The number of rotatable bonds is 3. The molecular formula is C7H2N2O6S2. The van der Waals surface area contributed by atoms with Gasteiger partial charge in [-0.1, -0.05) is 20.7 Å². The van der Waals surface area contributed by atoms with Crippen molar-refractivity contribution in [2.75, 3.05) is 0 Å². The summed E-state index contributed by atoms with van der Waals surface area (Å²) < 4.78 is 0.256. The van der Waals surface area contributed by atoms with Gasteiger partial charge in [-0.3, -0.25) is 20.2 Å². The van der Waals surface area contributed by atoms with E-state index >= 15 is 0 Å². The number of hydrogen-bond acceptors (Lipinski definition) is 7. The van der Waals surface area contributed by atoms with Gasteiger partial charge >= 0.3 is 17.3 Å². The SMILES string of the molecule is O=C(O)c1cc([N+](=O)[O-])c([N+](=O)[O-])c2ssc12. The fourth-order valence-electron chi connectivity index (χ4n) is 1.30. The van der Waals surface area contributed by atoms with Crippen molar-refractivity contribution in [1.82, 2.24) is 0 Å². The molecule has 0 aliphatic heterocycles. The molecule has 17 heavy (non-hydrogen) atoms. The molecule has 0 spiro atoms. The van der Waals surface area contributed by atoms with E-state index in [1.807, 2.05) is 0 Å². The molecule has 0 radical (unpaired) electrons. The summed E-state index contributed by atoms with van der Waals surface area (Å²) in [4.78, 5) is 30.5. The standard InChI is InChI=1S/C7H2N2O6S2/c10-7(11)2-1-3(8(12)13)4(9(14)15)6-5(2)16-17-6/h1H,(H,10,11). The number of fused-ring (bicyclic) bond motifs is 1. The topological polar surface area (TPSA) is 124 Å². The second-order valence-corrected chi connectivity index (χ2v) is 5.09. The van der Waals surface area contributed by atoms with E-state index in [-0.39, 0.29) is 15.0 Å². The van der Waals surface area contributed by atoms with E-state index in [2.05, 4.69) is 0 Å². The Labute approximate surface area is 99.4 Å². The Hall–Kier alpha value is -2.07. The highest BCUT2D eigenvalue weighted by atomic mass is 32.9. The van der Waals surface area contributed by atoms with Gasteiger partial charge in [-0.25, -0.2) is 4.79 Å². The Bertz CT molecular complexity index is 657. The molecule has 0 aliphatic carbocycles. The summed E-state index contributed by atoms with van der Waals surface area (Å²) in [5.41, 5.74) is -1.71. The molecule has 1 aromatic carbocycles. The summed E-state index contributed by atoms with van der Waals surface area (Å²) in [5.74, 6) is -1.34. The van der Waals surface area contributed by atoms with E-state index in [9.17, 15) is 25.0 Å². The number of carbonyl (C=O) groups is 1. The Balaban J connectivity index is 2.86. The number of aromatic carboxylic acids is 1. The second kappa shape index (κ2) is 3.75. The van der Waals surface area contributed by atoms with Crippen LogP contribution in [-0.2, 0) is 0 Å². The largest absolute Gasteiger partial charge is 0.478 e. The molecule has 2 aromatic rings. The monoisotopic (exact) mass is 274 g/mol. The molecule has 0 aliphatic rings. The summed E-state index contributed by atoms with van der Waals surface area (Å²) in [6, 6.07) is 0.728. The van der Waals surface area contributed by atoms with Gasteiger partial charge in [0.1, 0.15) is 4.70 Å². The van der Waals surface area contributed by atoms with Crippen molar-refractivity contribution in [3.8, 4) is 0 Å². The smallest absolute Gasteiger partial charge is 0.365 e. The average molecular weight is 274 g/mol. The molecule has 0 fully saturated rings. The van der Waals surface area contributed by atoms with Crippen molar-refractivity contribution in [3.63, 3.8) is 0 Å². The predicted molar refractivity (Wildman–Crippen MR) is 60.0 cm³/mol. The highest BCUT2D eigenvalue weighted by Gasteiger charge is 2.33.